The molecule has 5 aliphatic rings. The van der Waals surface area contributed by atoms with Crippen LogP contribution in [-0.4, -0.2) is 0 Å². The maximum atomic E-state index is 2.82. The van der Waals surface area contributed by atoms with Gasteiger partial charge < -0.3 is 0 Å². The van der Waals surface area contributed by atoms with Crippen LogP contribution in [0.5, 0.6) is 0 Å². The molecule has 134 valence electrons. The fraction of sp³-hybridized carbons (Fsp3) is 0.917. The largest absolute Gasteiger partial charge is 0.0845 e. The van der Waals surface area contributed by atoms with Gasteiger partial charge in [0.25, 0.3) is 0 Å². The Morgan fingerprint density at radius 3 is 2.33 bits per heavy atom. The SMILES string of the molecule is C[C@@H]1CCC2C3=CCC4C5CCCCC5CCC4C3CCC2[C@H]1C. The van der Waals surface area contributed by atoms with Gasteiger partial charge in [0.1, 0.15) is 0 Å². The minimum absolute atomic E-state index is 0.970. The monoisotopic (exact) mass is 326 g/mol. The van der Waals surface area contributed by atoms with Crippen molar-refractivity contribution in [3.63, 3.8) is 0 Å². The maximum Gasteiger partial charge on any atom is -0.0169 e. The van der Waals surface area contributed by atoms with Gasteiger partial charge in [-0.2, -0.15) is 0 Å². The van der Waals surface area contributed by atoms with Crippen LogP contribution in [0.2, 0.25) is 0 Å². The van der Waals surface area contributed by atoms with E-state index in [4.69, 9.17) is 0 Å². The quantitative estimate of drug-likeness (QED) is 0.427. The summed E-state index contributed by atoms with van der Waals surface area (Å²) >= 11 is 0. The van der Waals surface area contributed by atoms with Gasteiger partial charge >= 0.3 is 0 Å². The maximum absolute atomic E-state index is 2.82. The molecule has 4 fully saturated rings. The molecule has 0 radical (unpaired) electrons. The molecule has 0 N–H and O–H groups in total. The first-order valence-electron chi connectivity index (χ1n) is 11.4. The molecule has 0 heterocycles. The van der Waals surface area contributed by atoms with E-state index in [0.717, 1.165) is 53.3 Å². The van der Waals surface area contributed by atoms with Crippen molar-refractivity contribution in [3.05, 3.63) is 11.6 Å². The van der Waals surface area contributed by atoms with Crippen molar-refractivity contribution in [3.8, 4) is 0 Å². The molecule has 0 aromatic heterocycles. The molecule has 0 nitrogen and oxygen atoms in total. The van der Waals surface area contributed by atoms with Crippen LogP contribution in [0.15, 0.2) is 11.6 Å². The first-order chi connectivity index (χ1) is 11.7. The molecular weight excluding hydrogens is 288 g/mol. The van der Waals surface area contributed by atoms with Crippen LogP contribution >= 0.6 is 0 Å². The van der Waals surface area contributed by atoms with E-state index < -0.39 is 0 Å². The summed E-state index contributed by atoms with van der Waals surface area (Å²) in [5, 5.41) is 0. The minimum atomic E-state index is 0.970. The zero-order valence-corrected chi connectivity index (χ0v) is 16.1. The van der Waals surface area contributed by atoms with Crippen LogP contribution in [0, 0.1) is 53.3 Å². The number of allylic oxidation sites excluding steroid dienone is 2. The van der Waals surface area contributed by atoms with Gasteiger partial charge in [-0.15, -0.1) is 0 Å². The molecule has 0 bridgehead atoms. The molecule has 9 atom stereocenters. The van der Waals surface area contributed by atoms with Crippen LogP contribution in [0.25, 0.3) is 0 Å². The van der Waals surface area contributed by atoms with Crippen LogP contribution < -0.4 is 0 Å². The molecule has 24 heavy (non-hydrogen) atoms. The van der Waals surface area contributed by atoms with Crippen molar-refractivity contribution in [1.29, 1.82) is 0 Å². The second kappa shape index (κ2) is 6.17. The second-order valence-electron chi connectivity index (χ2n) is 10.4. The summed E-state index contributed by atoms with van der Waals surface area (Å²) in [6, 6.07) is 0. The van der Waals surface area contributed by atoms with E-state index in [-0.39, 0.29) is 0 Å². The number of fused-ring (bicyclic) bond motifs is 7. The van der Waals surface area contributed by atoms with Gasteiger partial charge in [0, 0.05) is 0 Å². The third-order valence-corrected chi connectivity index (χ3v) is 9.77. The first-order valence-corrected chi connectivity index (χ1v) is 11.4. The summed E-state index contributed by atoms with van der Waals surface area (Å²) in [6.45, 7) is 5.09. The Kier molecular flexibility index (Phi) is 4.10. The molecule has 0 aromatic rings. The molecule has 4 saturated carbocycles. The Hall–Kier alpha value is -0.260. The lowest BCUT2D eigenvalue weighted by atomic mass is 9.50. The molecule has 0 amide bonds. The minimum Gasteiger partial charge on any atom is -0.0845 e. The zero-order chi connectivity index (χ0) is 16.3. The molecule has 7 unspecified atom stereocenters. The van der Waals surface area contributed by atoms with Crippen LogP contribution in [0.3, 0.4) is 0 Å². The lowest BCUT2D eigenvalue weighted by Gasteiger charge is -2.55. The molecule has 0 saturated heterocycles. The normalized spacial score (nSPS) is 53.9. The molecule has 5 rings (SSSR count). The lowest BCUT2D eigenvalue weighted by molar-refractivity contribution is -0.000248. The summed E-state index contributed by atoms with van der Waals surface area (Å²) in [7, 11) is 0. The summed E-state index contributed by atoms with van der Waals surface area (Å²) < 4.78 is 0. The topological polar surface area (TPSA) is 0 Å². The van der Waals surface area contributed by atoms with Crippen LogP contribution in [-0.2, 0) is 0 Å². The number of rotatable bonds is 0. The van der Waals surface area contributed by atoms with Gasteiger partial charge in [0.05, 0.1) is 0 Å². The Bertz CT molecular complexity index is 502. The van der Waals surface area contributed by atoms with E-state index in [2.05, 4.69) is 19.9 Å². The van der Waals surface area contributed by atoms with E-state index >= 15 is 0 Å². The number of hydrogen-bond donors (Lipinski definition) is 0. The van der Waals surface area contributed by atoms with E-state index in [1.807, 2.05) is 5.57 Å². The Balaban J connectivity index is 1.40. The third kappa shape index (κ3) is 2.38. The summed E-state index contributed by atoms with van der Waals surface area (Å²) in [5.74, 6) is 9.34. The number of hydrogen-bond acceptors (Lipinski definition) is 0. The van der Waals surface area contributed by atoms with E-state index in [9.17, 15) is 0 Å². The zero-order valence-electron chi connectivity index (χ0n) is 16.1. The summed E-state index contributed by atoms with van der Waals surface area (Å²) in [6.07, 6.45) is 19.7. The molecule has 5 aliphatic carbocycles. The van der Waals surface area contributed by atoms with Gasteiger partial charge in [-0.05, 0) is 105 Å². The lowest BCUT2D eigenvalue weighted by Crippen LogP contribution is -2.46. The summed E-state index contributed by atoms with van der Waals surface area (Å²) in [4.78, 5) is 0. The highest BCUT2D eigenvalue weighted by Gasteiger charge is 2.50. The molecule has 0 aromatic carbocycles. The predicted molar refractivity (Wildman–Crippen MR) is 102 cm³/mol. The molecule has 0 aliphatic heterocycles. The average molecular weight is 327 g/mol. The first kappa shape index (κ1) is 16.0. The third-order valence-electron chi connectivity index (χ3n) is 9.77. The van der Waals surface area contributed by atoms with Gasteiger partial charge in [0.2, 0.25) is 0 Å². The van der Waals surface area contributed by atoms with Crippen molar-refractivity contribution in [2.45, 2.75) is 84.5 Å². The highest BCUT2D eigenvalue weighted by molar-refractivity contribution is 5.22. The van der Waals surface area contributed by atoms with Crippen molar-refractivity contribution >= 4 is 0 Å². The fourth-order valence-corrected chi connectivity index (χ4v) is 8.38. The smallest absolute Gasteiger partial charge is 0.0169 e. The van der Waals surface area contributed by atoms with E-state index in [0.29, 0.717) is 0 Å². The van der Waals surface area contributed by atoms with Crippen molar-refractivity contribution < 1.29 is 0 Å². The molecule has 0 heteroatoms. The van der Waals surface area contributed by atoms with Gasteiger partial charge in [0.15, 0.2) is 0 Å². The predicted octanol–water partition coefficient (Wildman–Crippen LogP) is 6.86. The van der Waals surface area contributed by atoms with Crippen molar-refractivity contribution in [2.24, 2.45) is 53.3 Å². The standard InChI is InChI=1S/C24H38/c1-15-7-9-20-18(16(15)2)11-12-24-22-10-8-17-5-3-4-6-19(17)21(22)13-14-23(20)24/h14-22,24H,3-13H2,1-2H3/t15-,16+,17?,18?,19?,20?,21?,22?,24?/m1/s1. The van der Waals surface area contributed by atoms with Gasteiger partial charge in [-0.1, -0.05) is 44.8 Å². The molecule has 0 spiro atoms. The average Bonchev–Trinajstić information content (AvgIpc) is 2.63. The van der Waals surface area contributed by atoms with Crippen LogP contribution in [0.1, 0.15) is 84.5 Å². The van der Waals surface area contributed by atoms with E-state index in [1.165, 1.54) is 32.1 Å². The fourth-order valence-electron chi connectivity index (χ4n) is 8.38. The van der Waals surface area contributed by atoms with Gasteiger partial charge in [-0.25, -0.2) is 0 Å². The molecular formula is C24H38. The van der Waals surface area contributed by atoms with E-state index in [1.54, 1.807) is 38.5 Å². The second-order valence-corrected chi connectivity index (χ2v) is 10.4. The highest BCUT2D eigenvalue weighted by atomic mass is 14.5. The Labute approximate surface area is 149 Å². The van der Waals surface area contributed by atoms with Crippen molar-refractivity contribution in [1.82, 2.24) is 0 Å². The van der Waals surface area contributed by atoms with Gasteiger partial charge in [-0.3, -0.25) is 0 Å². The van der Waals surface area contributed by atoms with Crippen LogP contribution in [0.4, 0.5) is 0 Å². The Morgan fingerprint density at radius 1 is 0.667 bits per heavy atom. The summed E-state index contributed by atoms with van der Waals surface area (Å²) in [5.41, 5.74) is 1.99. The highest BCUT2D eigenvalue weighted by Crippen LogP contribution is 2.59. The Morgan fingerprint density at radius 2 is 1.42 bits per heavy atom. The van der Waals surface area contributed by atoms with Crippen molar-refractivity contribution in [2.75, 3.05) is 0 Å².